The summed E-state index contributed by atoms with van der Waals surface area (Å²) in [7, 11) is 1.78. The van der Waals surface area contributed by atoms with Crippen molar-refractivity contribution in [1.29, 1.82) is 0 Å². The fraction of sp³-hybridized carbons (Fsp3) is 0.533. The highest BCUT2D eigenvalue weighted by molar-refractivity contribution is 5.68. The van der Waals surface area contributed by atoms with Crippen LogP contribution in [0.15, 0.2) is 30.3 Å². The number of rotatable bonds is 3. The molecular weight excluding hydrogens is 226 g/mol. The maximum Gasteiger partial charge on any atom is 0.410 e. The van der Waals surface area contributed by atoms with Crippen LogP contribution in [0.5, 0.6) is 0 Å². The predicted molar refractivity (Wildman–Crippen MR) is 73.6 cm³/mol. The second-order valence-corrected chi connectivity index (χ2v) is 5.63. The van der Waals surface area contributed by atoms with Crippen LogP contribution in [0.25, 0.3) is 0 Å². The van der Waals surface area contributed by atoms with E-state index in [1.54, 1.807) is 11.9 Å². The highest BCUT2D eigenvalue weighted by Crippen LogP contribution is 2.13. The lowest BCUT2D eigenvalue weighted by Crippen LogP contribution is -2.40. The Labute approximate surface area is 110 Å². The van der Waals surface area contributed by atoms with E-state index in [-0.39, 0.29) is 12.1 Å². The second-order valence-electron chi connectivity index (χ2n) is 5.63. The lowest BCUT2D eigenvalue weighted by atomic mass is 10.1. The van der Waals surface area contributed by atoms with E-state index in [9.17, 15) is 4.79 Å². The van der Waals surface area contributed by atoms with Gasteiger partial charge in [-0.05, 0) is 39.7 Å². The molecule has 1 aromatic rings. The number of hydrogen-bond acceptors (Lipinski definition) is 2. The normalized spacial score (nSPS) is 12.9. The van der Waals surface area contributed by atoms with Gasteiger partial charge in [-0.25, -0.2) is 4.79 Å². The number of amides is 1. The lowest BCUT2D eigenvalue weighted by molar-refractivity contribution is 0.0236. The first-order valence-corrected chi connectivity index (χ1v) is 6.29. The van der Waals surface area contributed by atoms with Gasteiger partial charge in [-0.3, -0.25) is 0 Å². The number of hydrogen-bond donors (Lipinski definition) is 0. The van der Waals surface area contributed by atoms with Crippen molar-refractivity contribution in [3.8, 4) is 0 Å². The fourth-order valence-corrected chi connectivity index (χ4v) is 1.61. The molecule has 0 spiro atoms. The van der Waals surface area contributed by atoms with Crippen LogP contribution >= 0.6 is 0 Å². The van der Waals surface area contributed by atoms with Crippen LogP contribution in [0.2, 0.25) is 0 Å². The maximum absolute atomic E-state index is 11.9. The predicted octanol–water partition coefficient (Wildman–Crippen LogP) is 3.48. The van der Waals surface area contributed by atoms with E-state index in [1.807, 2.05) is 45.9 Å². The Kier molecular flexibility index (Phi) is 4.76. The lowest BCUT2D eigenvalue weighted by Gasteiger charge is -2.28. The highest BCUT2D eigenvalue weighted by atomic mass is 16.6. The molecule has 18 heavy (non-hydrogen) atoms. The number of benzene rings is 1. The Bertz CT molecular complexity index is 381. The zero-order valence-corrected chi connectivity index (χ0v) is 11.9. The molecule has 0 bridgehead atoms. The van der Waals surface area contributed by atoms with E-state index < -0.39 is 5.60 Å². The summed E-state index contributed by atoms with van der Waals surface area (Å²) < 4.78 is 5.35. The van der Waals surface area contributed by atoms with Crippen molar-refractivity contribution in [2.24, 2.45) is 0 Å². The second kappa shape index (κ2) is 5.89. The molecule has 0 aliphatic heterocycles. The van der Waals surface area contributed by atoms with Crippen molar-refractivity contribution in [2.45, 2.75) is 45.8 Å². The van der Waals surface area contributed by atoms with Gasteiger partial charge in [0, 0.05) is 13.1 Å². The third kappa shape index (κ3) is 4.78. The molecule has 1 atom stereocenters. The molecule has 1 rings (SSSR count). The molecule has 0 saturated carbocycles. The Hall–Kier alpha value is -1.51. The molecule has 1 amide bonds. The van der Waals surface area contributed by atoms with Crippen molar-refractivity contribution in [3.05, 3.63) is 35.9 Å². The summed E-state index contributed by atoms with van der Waals surface area (Å²) in [5, 5.41) is 0. The zero-order valence-electron chi connectivity index (χ0n) is 11.9. The topological polar surface area (TPSA) is 29.5 Å². The molecule has 0 heterocycles. The van der Waals surface area contributed by atoms with Gasteiger partial charge < -0.3 is 9.64 Å². The Morgan fingerprint density at radius 1 is 1.28 bits per heavy atom. The molecule has 0 saturated heterocycles. The van der Waals surface area contributed by atoms with Crippen molar-refractivity contribution in [1.82, 2.24) is 4.90 Å². The van der Waals surface area contributed by atoms with Gasteiger partial charge in [-0.1, -0.05) is 30.3 Å². The molecule has 0 aromatic heterocycles. The third-order valence-corrected chi connectivity index (χ3v) is 2.72. The summed E-state index contributed by atoms with van der Waals surface area (Å²) in [6.45, 7) is 7.65. The molecule has 100 valence electrons. The first-order chi connectivity index (χ1) is 8.29. The van der Waals surface area contributed by atoms with Crippen LogP contribution in [0.4, 0.5) is 4.79 Å². The molecule has 0 unspecified atom stereocenters. The SMILES string of the molecule is C[C@@H](Cc1ccccc1)N(C)C(=O)OC(C)(C)C. The van der Waals surface area contributed by atoms with Crippen LogP contribution in [-0.2, 0) is 11.2 Å². The van der Waals surface area contributed by atoms with Gasteiger partial charge in [0.1, 0.15) is 5.60 Å². The molecule has 0 radical (unpaired) electrons. The molecule has 0 aliphatic carbocycles. The van der Waals surface area contributed by atoms with Crippen LogP contribution in [0.1, 0.15) is 33.3 Å². The molecule has 0 aliphatic rings. The quantitative estimate of drug-likeness (QED) is 0.820. The van der Waals surface area contributed by atoms with Crippen molar-refractivity contribution in [3.63, 3.8) is 0 Å². The number of carbonyl (C=O) groups excluding carboxylic acids is 1. The van der Waals surface area contributed by atoms with Gasteiger partial charge in [0.05, 0.1) is 0 Å². The van der Waals surface area contributed by atoms with Crippen molar-refractivity contribution in [2.75, 3.05) is 7.05 Å². The monoisotopic (exact) mass is 249 g/mol. The average Bonchev–Trinajstić information content (AvgIpc) is 2.27. The largest absolute Gasteiger partial charge is 0.444 e. The van der Waals surface area contributed by atoms with Gasteiger partial charge in [0.15, 0.2) is 0 Å². The number of ether oxygens (including phenoxy) is 1. The van der Waals surface area contributed by atoms with E-state index in [4.69, 9.17) is 4.74 Å². The highest BCUT2D eigenvalue weighted by Gasteiger charge is 2.22. The smallest absolute Gasteiger partial charge is 0.410 e. The van der Waals surface area contributed by atoms with Gasteiger partial charge in [-0.15, -0.1) is 0 Å². The van der Waals surface area contributed by atoms with Crippen LogP contribution in [0.3, 0.4) is 0 Å². The van der Waals surface area contributed by atoms with Crippen LogP contribution < -0.4 is 0 Å². The average molecular weight is 249 g/mol. The van der Waals surface area contributed by atoms with Crippen LogP contribution in [0, 0.1) is 0 Å². The standard InChI is InChI=1S/C15H23NO2/c1-12(11-13-9-7-6-8-10-13)16(5)14(17)18-15(2,3)4/h6-10,12H,11H2,1-5H3/t12-/m0/s1. The van der Waals surface area contributed by atoms with E-state index in [0.29, 0.717) is 0 Å². The summed E-state index contributed by atoms with van der Waals surface area (Å²) in [5.74, 6) is 0. The minimum absolute atomic E-state index is 0.113. The maximum atomic E-state index is 11.9. The Morgan fingerprint density at radius 3 is 2.33 bits per heavy atom. The molecule has 0 N–H and O–H groups in total. The van der Waals surface area contributed by atoms with Gasteiger partial charge in [0.25, 0.3) is 0 Å². The molecule has 0 fully saturated rings. The molecule has 3 nitrogen and oxygen atoms in total. The van der Waals surface area contributed by atoms with Crippen LogP contribution in [-0.4, -0.2) is 29.7 Å². The van der Waals surface area contributed by atoms with Gasteiger partial charge in [0.2, 0.25) is 0 Å². The summed E-state index contributed by atoms with van der Waals surface area (Å²) >= 11 is 0. The third-order valence-electron chi connectivity index (χ3n) is 2.72. The summed E-state index contributed by atoms with van der Waals surface area (Å²) in [5.41, 5.74) is 0.776. The number of carbonyl (C=O) groups is 1. The van der Waals surface area contributed by atoms with Crippen molar-refractivity contribution < 1.29 is 9.53 Å². The summed E-state index contributed by atoms with van der Waals surface area (Å²) in [6, 6.07) is 10.3. The number of nitrogens with zero attached hydrogens (tertiary/aromatic N) is 1. The Morgan fingerprint density at radius 2 is 1.83 bits per heavy atom. The summed E-state index contributed by atoms with van der Waals surface area (Å²) in [6.07, 6.45) is 0.558. The van der Waals surface area contributed by atoms with E-state index in [0.717, 1.165) is 6.42 Å². The molecule has 3 heteroatoms. The minimum atomic E-state index is -0.447. The van der Waals surface area contributed by atoms with E-state index in [2.05, 4.69) is 12.1 Å². The van der Waals surface area contributed by atoms with Crippen molar-refractivity contribution >= 4 is 6.09 Å². The minimum Gasteiger partial charge on any atom is -0.444 e. The first kappa shape index (κ1) is 14.6. The molecular formula is C15H23NO2. The van der Waals surface area contributed by atoms with Gasteiger partial charge >= 0.3 is 6.09 Å². The number of likely N-dealkylation sites (N-methyl/N-ethyl adjacent to an activating group) is 1. The summed E-state index contributed by atoms with van der Waals surface area (Å²) in [4.78, 5) is 13.5. The van der Waals surface area contributed by atoms with E-state index in [1.165, 1.54) is 5.56 Å². The first-order valence-electron chi connectivity index (χ1n) is 6.29. The van der Waals surface area contributed by atoms with Gasteiger partial charge in [-0.2, -0.15) is 0 Å². The molecule has 1 aromatic carbocycles. The Balaban J connectivity index is 2.56. The van der Waals surface area contributed by atoms with E-state index >= 15 is 0 Å². The zero-order chi connectivity index (χ0) is 13.8. The fourth-order valence-electron chi connectivity index (χ4n) is 1.61.